The van der Waals surface area contributed by atoms with Crippen molar-refractivity contribution in [2.75, 3.05) is 6.73 Å². The Morgan fingerprint density at radius 2 is 2.17 bits per heavy atom. The second kappa shape index (κ2) is 7.20. The molecule has 0 saturated heterocycles. The predicted molar refractivity (Wildman–Crippen MR) is 90.6 cm³/mol. The first kappa shape index (κ1) is 16.7. The van der Waals surface area contributed by atoms with E-state index in [2.05, 4.69) is 34.5 Å². The third-order valence-corrected chi connectivity index (χ3v) is 5.38. The van der Waals surface area contributed by atoms with Gasteiger partial charge in [-0.25, -0.2) is 4.52 Å². The van der Waals surface area contributed by atoms with Gasteiger partial charge in [0.05, 0.1) is 24.6 Å². The molecule has 2 aromatic rings. The Labute approximate surface area is 141 Å². The van der Waals surface area contributed by atoms with Crippen molar-refractivity contribution in [3.63, 3.8) is 0 Å². The van der Waals surface area contributed by atoms with Gasteiger partial charge in [0.15, 0.2) is 11.5 Å². The number of nitrogens with zero attached hydrogens (tertiary/aromatic N) is 3. The van der Waals surface area contributed by atoms with E-state index >= 15 is 0 Å². The van der Waals surface area contributed by atoms with E-state index in [1.165, 1.54) is 32.1 Å². The van der Waals surface area contributed by atoms with E-state index in [0.717, 1.165) is 11.5 Å². The molecule has 2 unspecified atom stereocenters. The highest BCUT2D eigenvalue weighted by atomic mass is 35.5. The van der Waals surface area contributed by atoms with Crippen LogP contribution in [0.25, 0.3) is 5.65 Å². The highest BCUT2D eigenvalue weighted by molar-refractivity contribution is 6.34. The smallest absolute Gasteiger partial charge is 0.196 e. The molecule has 128 valence electrons. The van der Waals surface area contributed by atoms with E-state index in [1.54, 1.807) is 0 Å². The molecule has 23 heavy (non-hydrogen) atoms. The molecular weight excluding hydrogens is 314 g/mol. The molecular formula is C16H26ClN5O. The molecule has 2 heterocycles. The summed E-state index contributed by atoms with van der Waals surface area (Å²) in [4.78, 5) is 0. The zero-order valence-corrected chi connectivity index (χ0v) is 14.9. The number of rotatable bonds is 6. The van der Waals surface area contributed by atoms with Crippen LogP contribution in [0.1, 0.15) is 63.5 Å². The molecule has 0 amide bonds. The van der Waals surface area contributed by atoms with Crippen molar-refractivity contribution >= 4 is 17.2 Å². The number of aromatic nitrogens is 4. The van der Waals surface area contributed by atoms with E-state index in [-0.39, 0.29) is 6.04 Å². The van der Waals surface area contributed by atoms with Crippen LogP contribution >= 0.6 is 11.6 Å². The van der Waals surface area contributed by atoms with Crippen LogP contribution in [0.3, 0.4) is 0 Å². The zero-order chi connectivity index (χ0) is 16.4. The number of ether oxygens (including phenoxy) is 1. The molecule has 2 N–H and O–H groups in total. The average Bonchev–Trinajstić information content (AvgIpc) is 3.08. The van der Waals surface area contributed by atoms with Crippen LogP contribution in [0.4, 0.5) is 0 Å². The molecule has 3 atom stereocenters. The summed E-state index contributed by atoms with van der Waals surface area (Å²) in [5.74, 6) is 1.51. The molecule has 0 radical (unpaired) electrons. The van der Waals surface area contributed by atoms with Crippen LogP contribution in [-0.4, -0.2) is 32.6 Å². The lowest BCUT2D eigenvalue weighted by Crippen LogP contribution is -2.32. The van der Waals surface area contributed by atoms with Gasteiger partial charge in [-0.15, -0.1) is 10.2 Å². The summed E-state index contributed by atoms with van der Waals surface area (Å²) in [7, 11) is 0. The van der Waals surface area contributed by atoms with Crippen LogP contribution in [0.5, 0.6) is 0 Å². The van der Waals surface area contributed by atoms with Crippen molar-refractivity contribution in [2.45, 2.75) is 65.0 Å². The minimum absolute atomic E-state index is 0.0304. The number of fused-ring (bicyclic) bond motifs is 1. The topological polar surface area (TPSA) is 67.2 Å². The van der Waals surface area contributed by atoms with E-state index < -0.39 is 0 Å². The second-order valence-corrected chi connectivity index (χ2v) is 6.87. The molecule has 1 fully saturated rings. The monoisotopic (exact) mass is 339 g/mol. The van der Waals surface area contributed by atoms with Crippen molar-refractivity contribution in [2.24, 2.45) is 5.92 Å². The van der Waals surface area contributed by atoms with Crippen LogP contribution in [0, 0.1) is 12.8 Å². The first-order chi connectivity index (χ1) is 11.1. The standard InChI is InChI=1S/C16H26ClN5O/c1-4-12-7-5-6-8-13(12)23-9-18-11(3)15-19-20-16-14(17)10(2)21-22(15)16/h11-13,18,21H,4-9H2,1-3H3/t11?,12-,13?/m1/s1. The quantitative estimate of drug-likeness (QED) is 0.789. The maximum absolute atomic E-state index is 6.20. The van der Waals surface area contributed by atoms with Gasteiger partial charge in [0.25, 0.3) is 0 Å². The average molecular weight is 340 g/mol. The molecule has 1 aliphatic carbocycles. The first-order valence-electron chi connectivity index (χ1n) is 8.55. The number of H-pyrrole nitrogens is 1. The van der Waals surface area contributed by atoms with Gasteiger partial charge in [0.2, 0.25) is 0 Å². The Hall–Kier alpha value is -1.11. The molecule has 1 aliphatic rings. The Bertz CT molecular complexity index is 652. The highest BCUT2D eigenvalue weighted by Gasteiger charge is 2.24. The minimum Gasteiger partial charge on any atom is -0.363 e. The summed E-state index contributed by atoms with van der Waals surface area (Å²) in [6.45, 7) is 6.77. The summed E-state index contributed by atoms with van der Waals surface area (Å²) < 4.78 is 7.93. The van der Waals surface area contributed by atoms with Crippen LogP contribution < -0.4 is 5.32 Å². The normalized spacial score (nSPS) is 23.5. The summed E-state index contributed by atoms with van der Waals surface area (Å²) in [5.41, 5.74) is 1.57. The van der Waals surface area contributed by atoms with Gasteiger partial charge >= 0.3 is 0 Å². The first-order valence-corrected chi connectivity index (χ1v) is 8.93. The largest absolute Gasteiger partial charge is 0.363 e. The number of aryl methyl sites for hydroxylation is 1. The molecule has 1 saturated carbocycles. The van der Waals surface area contributed by atoms with E-state index in [9.17, 15) is 0 Å². The Balaban J connectivity index is 1.58. The fraction of sp³-hybridized carbons (Fsp3) is 0.750. The molecule has 7 heteroatoms. The molecule has 3 rings (SSSR count). The minimum atomic E-state index is 0.0304. The molecule has 0 aromatic carbocycles. The van der Waals surface area contributed by atoms with Crippen LogP contribution in [-0.2, 0) is 4.74 Å². The predicted octanol–water partition coefficient (Wildman–Crippen LogP) is 3.61. The maximum Gasteiger partial charge on any atom is 0.196 e. The van der Waals surface area contributed by atoms with E-state index in [1.807, 2.05) is 11.4 Å². The fourth-order valence-corrected chi connectivity index (χ4v) is 3.61. The van der Waals surface area contributed by atoms with E-state index in [0.29, 0.717) is 29.4 Å². The Morgan fingerprint density at radius 1 is 1.39 bits per heavy atom. The van der Waals surface area contributed by atoms with Gasteiger partial charge < -0.3 is 4.74 Å². The van der Waals surface area contributed by atoms with Crippen molar-refractivity contribution in [3.05, 3.63) is 16.5 Å². The Morgan fingerprint density at radius 3 is 2.96 bits per heavy atom. The lowest BCUT2D eigenvalue weighted by Gasteiger charge is -2.31. The van der Waals surface area contributed by atoms with Crippen molar-refractivity contribution in [1.82, 2.24) is 25.1 Å². The number of aromatic amines is 1. The lowest BCUT2D eigenvalue weighted by molar-refractivity contribution is -0.0236. The number of hydrogen-bond donors (Lipinski definition) is 2. The van der Waals surface area contributed by atoms with Crippen molar-refractivity contribution in [3.8, 4) is 0 Å². The summed E-state index contributed by atoms with van der Waals surface area (Å²) in [5, 5.41) is 15.6. The third-order valence-electron chi connectivity index (χ3n) is 4.93. The van der Waals surface area contributed by atoms with E-state index in [4.69, 9.17) is 16.3 Å². The fourth-order valence-electron chi connectivity index (χ4n) is 3.45. The maximum atomic E-state index is 6.20. The van der Waals surface area contributed by atoms with Gasteiger partial charge in [-0.1, -0.05) is 37.8 Å². The number of halogens is 1. The summed E-state index contributed by atoms with van der Waals surface area (Å²) >= 11 is 6.20. The lowest BCUT2D eigenvalue weighted by atomic mass is 9.85. The summed E-state index contributed by atoms with van der Waals surface area (Å²) in [6, 6.07) is 0.0304. The Kier molecular flexibility index (Phi) is 5.24. The number of hydrogen-bond acceptors (Lipinski definition) is 4. The van der Waals surface area contributed by atoms with Gasteiger partial charge in [-0.05, 0) is 32.6 Å². The van der Waals surface area contributed by atoms with Crippen molar-refractivity contribution in [1.29, 1.82) is 0 Å². The van der Waals surface area contributed by atoms with Gasteiger partial charge in [0.1, 0.15) is 5.02 Å². The highest BCUT2D eigenvalue weighted by Crippen LogP contribution is 2.29. The van der Waals surface area contributed by atoms with Crippen molar-refractivity contribution < 1.29 is 4.74 Å². The molecule has 2 aromatic heterocycles. The second-order valence-electron chi connectivity index (χ2n) is 6.50. The SMILES string of the molecule is CC[C@@H]1CCCCC1OCNC(C)c1nnc2c(Cl)c(C)[nH]n12. The zero-order valence-electron chi connectivity index (χ0n) is 14.1. The molecule has 0 aliphatic heterocycles. The van der Waals surface area contributed by atoms with Gasteiger partial charge in [0, 0.05) is 0 Å². The van der Waals surface area contributed by atoms with Gasteiger partial charge in [-0.3, -0.25) is 10.4 Å². The summed E-state index contributed by atoms with van der Waals surface area (Å²) in [6.07, 6.45) is 6.67. The molecule has 0 bridgehead atoms. The van der Waals surface area contributed by atoms with Crippen LogP contribution in [0.2, 0.25) is 5.02 Å². The molecule has 0 spiro atoms. The van der Waals surface area contributed by atoms with Gasteiger partial charge in [-0.2, -0.15) is 0 Å². The number of nitrogens with one attached hydrogen (secondary N) is 2. The molecule has 6 nitrogen and oxygen atoms in total. The third kappa shape index (κ3) is 3.39. The van der Waals surface area contributed by atoms with Crippen LogP contribution in [0.15, 0.2) is 0 Å².